The average molecular weight is 1020 g/mol. The van der Waals surface area contributed by atoms with E-state index in [-0.39, 0.29) is 0 Å². The van der Waals surface area contributed by atoms with E-state index in [0.717, 1.165) is 87.4 Å². The maximum absolute atomic E-state index is 7.62. The van der Waals surface area contributed by atoms with E-state index in [1.807, 2.05) is 0 Å². The molecule has 1 fully saturated rings. The summed E-state index contributed by atoms with van der Waals surface area (Å²) >= 11 is 0. The van der Waals surface area contributed by atoms with Crippen LogP contribution in [0.25, 0.3) is 0 Å². The van der Waals surface area contributed by atoms with Crippen molar-refractivity contribution < 1.29 is 62.0 Å². The van der Waals surface area contributed by atoms with Crippen LogP contribution in [0.4, 0.5) is 0 Å². The van der Waals surface area contributed by atoms with Gasteiger partial charge < -0.3 is 52.2 Å². The minimum atomic E-state index is -3.26. The SMILES string of the molecule is CO[Si](CCC[Si](C)(C)O[Si](CCCCCCCCCCCOOCC1CCCCC1)(O[Si](C)(C)CCC[Si](OC)(OC)OC)O[Si](C)(C)CCC[Si](OC)(OC)OC)(OC)OC. The third-order valence-electron chi connectivity index (χ3n) is 12.7. The summed E-state index contributed by atoms with van der Waals surface area (Å²) in [5, 5.41) is 0. The Labute approximate surface area is 394 Å². The van der Waals surface area contributed by atoms with Gasteiger partial charge in [-0.05, 0) is 108 Å². The van der Waals surface area contributed by atoms with Gasteiger partial charge in [0.15, 0.2) is 25.0 Å². The molecule has 1 aliphatic carbocycles. The van der Waals surface area contributed by atoms with Crippen molar-refractivity contribution in [3.05, 3.63) is 0 Å². The molecule has 0 amide bonds. The van der Waals surface area contributed by atoms with E-state index >= 15 is 0 Å². The van der Waals surface area contributed by atoms with E-state index < -0.39 is 60.2 Å². The molecule has 0 aromatic heterocycles. The second kappa shape index (κ2) is 32.7. The first-order chi connectivity index (χ1) is 29.9. The molecule has 1 rings (SSSR count). The Balaban J connectivity index is 3.15. The monoisotopic (exact) mass is 1020 g/mol. The summed E-state index contributed by atoms with van der Waals surface area (Å²) in [5.41, 5.74) is 0. The van der Waals surface area contributed by atoms with Crippen LogP contribution < -0.4 is 0 Å². The van der Waals surface area contributed by atoms with E-state index in [4.69, 9.17) is 62.0 Å². The Morgan fingerprint density at radius 3 is 0.952 bits per heavy atom. The first-order valence-corrected chi connectivity index (χ1v) is 41.3. The largest absolute Gasteiger partial charge is 0.500 e. The molecule has 14 nitrogen and oxygen atoms in total. The van der Waals surface area contributed by atoms with Crippen molar-refractivity contribution in [1.29, 1.82) is 0 Å². The summed E-state index contributed by atoms with van der Waals surface area (Å²) in [7, 11) is -3.39. The van der Waals surface area contributed by atoms with E-state index in [2.05, 4.69) is 39.3 Å². The summed E-state index contributed by atoms with van der Waals surface area (Å²) in [4.78, 5) is 11.0. The normalized spacial score (nSPS) is 15.5. The summed E-state index contributed by atoms with van der Waals surface area (Å²) in [6, 6.07) is 5.73. The van der Waals surface area contributed by atoms with Crippen LogP contribution in [0.3, 0.4) is 0 Å². The summed E-state index contributed by atoms with van der Waals surface area (Å²) in [6.07, 6.45) is 19.8. The lowest BCUT2D eigenvalue weighted by atomic mass is 9.90. The van der Waals surface area contributed by atoms with Crippen LogP contribution in [0.5, 0.6) is 0 Å². The molecule has 0 aromatic rings. The maximum atomic E-state index is 7.62. The standard InChI is InChI=1S/C42H98O14Si7/c1-43-60(44-2,45-3)38-28-34-57(10,11)54-63(55-58(12,13)35-29-39-61(46-4,47-5)48-6,56-59(14,15)36-30-40-62(49-7,50-8)51-9)37-27-22-20-18-16-17-19-21-26-33-52-53-41-42-31-24-23-25-32-42/h42H,16-41H2,1-15H3. The summed E-state index contributed by atoms with van der Waals surface area (Å²) in [6.45, 7) is 15.4. The van der Waals surface area contributed by atoms with Gasteiger partial charge in [-0.25, -0.2) is 9.78 Å². The predicted octanol–water partition coefficient (Wildman–Crippen LogP) is 11.4. The second-order valence-corrected chi connectivity index (χ2v) is 44.9. The molecule has 0 atom stereocenters. The van der Waals surface area contributed by atoms with Gasteiger partial charge in [-0.1, -0.05) is 64.2 Å². The van der Waals surface area contributed by atoms with Crippen molar-refractivity contribution in [2.75, 3.05) is 77.2 Å². The van der Waals surface area contributed by atoms with E-state index in [0.29, 0.717) is 12.5 Å². The fourth-order valence-electron chi connectivity index (χ4n) is 8.79. The van der Waals surface area contributed by atoms with Crippen LogP contribution in [0.15, 0.2) is 0 Å². The van der Waals surface area contributed by atoms with Crippen molar-refractivity contribution in [2.45, 2.75) is 191 Å². The van der Waals surface area contributed by atoms with E-state index in [1.54, 1.807) is 64.0 Å². The van der Waals surface area contributed by atoms with Crippen molar-refractivity contribution in [1.82, 2.24) is 0 Å². The summed E-state index contributed by atoms with van der Waals surface area (Å²) in [5.74, 6) is 0.686. The highest BCUT2D eigenvalue weighted by atomic mass is 28.5. The molecule has 0 unspecified atom stereocenters. The second-order valence-electron chi connectivity index (χ2n) is 19.3. The van der Waals surface area contributed by atoms with Crippen LogP contribution in [0, 0.1) is 5.92 Å². The Bertz CT molecular complexity index is 1010. The van der Waals surface area contributed by atoms with Gasteiger partial charge in [0, 0.05) is 88.2 Å². The minimum Gasteiger partial charge on any atom is -0.417 e. The Morgan fingerprint density at radius 2 is 0.619 bits per heavy atom. The van der Waals surface area contributed by atoms with E-state index in [9.17, 15) is 0 Å². The molecule has 0 bridgehead atoms. The van der Waals surface area contributed by atoms with Gasteiger partial charge in [0.05, 0.1) is 13.2 Å². The highest BCUT2D eigenvalue weighted by Gasteiger charge is 2.53. The Hall–Kier alpha value is 0.958. The molecule has 0 heterocycles. The molecule has 1 saturated carbocycles. The topological polar surface area (TPSA) is 129 Å². The zero-order valence-corrected chi connectivity index (χ0v) is 50.2. The smallest absolute Gasteiger partial charge is 0.417 e. The van der Waals surface area contributed by atoms with Crippen LogP contribution >= 0.6 is 0 Å². The molecule has 1 aliphatic rings. The molecule has 0 saturated heterocycles. The quantitative estimate of drug-likeness (QED) is 0.0249. The number of unbranched alkanes of at least 4 members (excludes halogenated alkanes) is 8. The molecular formula is C42H98O14Si7. The molecule has 0 radical (unpaired) electrons. The number of hydrogen-bond acceptors (Lipinski definition) is 14. The maximum Gasteiger partial charge on any atom is 0.500 e. The van der Waals surface area contributed by atoms with Crippen molar-refractivity contribution in [2.24, 2.45) is 5.92 Å². The number of hydrogen-bond donors (Lipinski definition) is 0. The van der Waals surface area contributed by atoms with Crippen molar-refractivity contribution in [3.63, 3.8) is 0 Å². The predicted molar refractivity (Wildman–Crippen MR) is 269 cm³/mol. The zero-order chi connectivity index (χ0) is 47.4. The molecule has 0 N–H and O–H groups in total. The highest BCUT2D eigenvalue weighted by molar-refractivity contribution is 6.90. The lowest BCUT2D eigenvalue weighted by molar-refractivity contribution is -0.302. The van der Waals surface area contributed by atoms with Crippen molar-refractivity contribution >= 4 is 60.2 Å². The fourth-order valence-corrected chi connectivity index (χ4v) is 33.0. The molecular weight excluding hydrogens is 925 g/mol. The average Bonchev–Trinajstić information content (AvgIpc) is 3.25. The van der Waals surface area contributed by atoms with Gasteiger partial charge >= 0.3 is 35.2 Å². The number of rotatable bonds is 42. The van der Waals surface area contributed by atoms with Gasteiger partial charge in [0.1, 0.15) is 0 Å². The minimum absolute atomic E-state index is 0.686. The summed E-state index contributed by atoms with van der Waals surface area (Å²) < 4.78 is 74.9. The molecule has 0 aliphatic heterocycles. The van der Waals surface area contributed by atoms with Crippen molar-refractivity contribution in [3.8, 4) is 0 Å². The first kappa shape index (κ1) is 62.0. The fraction of sp³-hybridized carbons (Fsp3) is 1.00. The van der Waals surface area contributed by atoms with Crippen LogP contribution in [0.2, 0.25) is 81.6 Å². The van der Waals surface area contributed by atoms with Gasteiger partial charge in [-0.3, -0.25) is 0 Å². The molecule has 21 heteroatoms. The lowest BCUT2D eigenvalue weighted by Crippen LogP contribution is -2.62. The molecule has 378 valence electrons. The zero-order valence-electron chi connectivity index (χ0n) is 43.2. The van der Waals surface area contributed by atoms with Crippen LogP contribution in [-0.2, 0) is 62.0 Å². The van der Waals surface area contributed by atoms with Gasteiger partial charge in [-0.2, -0.15) is 0 Å². The third kappa shape index (κ3) is 25.4. The molecule has 0 aromatic carbocycles. The third-order valence-corrected chi connectivity index (χ3v) is 37.2. The molecule has 63 heavy (non-hydrogen) atoms. The van der Waals surface area contributed by atoms with Crippen LogP contribution in [-0.4, -0.2) is 137 Å². The Morgan fingerprint density at radius 1 is 0.317 bits per heavy atom. The molecule has 0 spiro atoms. The van der Waals surface area contributed by atoms with Gasteiger partial charge in [-0.15, -0.1) is 0 Å². The first-order valence-electron chi connectivity index (χ1n) is 24.2. The highest BCUT2D eigenvalue weighted by Crippen LogP contribution is 2.37. The lowest BCUT2D eigenvalue weighted by Gasteiger charge is -2.45. The Kier molecular flexibility index (Phi) is 32.2. The van der Waals surface area contributed by atoms with Gasteiger partial charge in [0.25, 0.3) is 0 Å². The van der Waals surface area contributed by atoms with Gasteiger partial charge in [0.2, 0.25) is 0 Å². The van der Waals surface area contributed by atoms with Crippen LogP contribution in [0.1, 0.15) is 109 Å². The van der Waals surface area contributed by atoms with E-state index in [1.165, 1.54) is 70.6 Å².